The van der Waals surface area contributed by atoms with Gasteiger partial charge in [-0.15, -0.1) is 0 Å². The molecular formula is C20H25NO3. The molecule has 0 saturated carbocycles. The van der Waals surface area contributed by atoms with E-state index in [4.69, 9.17) is 9.47 Å². The maximum absolute atomic E-state index is 12.2. The summed E-state index contributed by atoms with van der Waals surface area (Å²) in [5, 5.41) is 2.86. The van der Waals surface area contributed by atoms with Gasteiger partial charge in [0, 0.05) is 0 Å². The molecule has 1 atom stereocenters. The summed E-state index contributed by atoms with van der Waals surface area (Å²) in [5.74, 6) is 1.41. The first-order valence-corrected chi connectivity index (χ1v) is 8.29. The van der Waals surface area contributed by atoms with E-state index < -0.39 is 6.10 Å². The second-order valence-electron chi connectivity index (χ2n) is 5.79. The van der Waals surface area contributed by atoms with Gasteiger partial charge in [0.25, 0.3) is 5.91 Å². The molecule has 0 spiro atoms. The second kappa shape index (κ2) is 8.96. The van der Waals surface area contributed by atoms with Crippen LogP contribution in [-0.2, 0) is 4.79 Å². The monoisotopic (exact) mass is 327 g/mol. The van der Waals surface area contributed by atoms with Crippen LogP contribution in [0.2, 0.25) is 0 Å². The van der Waals surface area contributed by atoms with E-state index >= 15 is 0 Å². The molecule has 0 bridgehead atoms. The van der Waals surface area contributed by atoms with Crippen molar-refractivity contribution in [2.75, 3.05) is 13.2 Å². The van der Waals surface area contributed by atoms with Crippen molar-refractivity contribution >= 4 is 5.91 Å². The highest BCUT2D eigenvalue weighted by molar-refractivity contribution is 5.81. The van der Waals surface area contributed by atoms with Crippen LogP contribution in [-0.4, -0.2) is 25.2 Å². The van der Waals surface area contributed by atoms with Gasteiger partial charge in [0.05, 0.1) is 6.54 Å². The van der Waals surface area contributed by atoms with Gasteiger partial charge in [-0.25, -0.2) is 0 Å². The van der Waals surface area contributed by atoms with Crippen molar-refractivity contribution in [1.82, 2.24) is 5.32 Å². The van der Waals surface area contributed by atoms with E-state index in [1.165, 1.54) is 0 Å². The van der Waals surface area contributed by atoms with Gasteiger partial charge in [-0.05, 0) is 55.7 Å². The molecule has 4 nitrogen and oxygen atoms in total. The Kier molecular flexibility index (Phi) is 6.67. The predicted octanol–water partition coefficient (Wildman–Crippen LogP) is 3.66. The number of rotatable bonds is 8. The van der Waals surface area contributed by atoms with Crippen molar-refractivity contribution < 1.29 is 14.3 Å². The van der Waals surface area contributed by atoms with Gasteiger partial charge >= 0.3 is 0 Å². The molecule has 0 fully saturated rings. The van der Waals surface area contributed by atoms with Gasteiger partial charge < -0.3 is 14.8 Å². The van der Waals surface area contributed by atoms with Gasteiger partial charge in [-0.3, -0.25) is 4.79 Å². The van der Waals surface area contributed by atoms with E-state index in [0.29, 0.717) is 25.3 Å². The summed E-state index contributed by atoms with van der Waals surface area (Å²) in [6, 6.07) is 15.6. The zero-order valence-corrected chi connectivity index (χ0v) is 14.5. The highest BCUT2D eigenvalue weighted by atomic mass is 16.5. The normalized spacial score (nSPS) is 11.6. The predicted molar refractivity (Wildman–Crippen MR) is 95.6 cm³/mol. The molecule has 0 heterocycles. The quantitative estimate of drug-likeness (QED) is 0.753. The molecule has 1 amide bonds. The molecule has 0 aliphatic rings. The summed E-state index contributed by atoms with van der Waals surface area (Å²) in [6.45, 7) is 6.82. The summed E-state index contributed by atoms with van der Waals surface area (Å²) < 4.78 is 11.4. The molecular weight excluding hydrogens is 302 g/mol. The number of hydrogen-bond donors (Lipinski definition) is 1. The van der Waals surface area contributed by atoms with Crippen molar-refractivity contribution in [2.45, 2.75) is 33.3 Å². The molecule has 0 radical (unpaired) electrons. The first kappa shape index (κ1) is 17.9. The van der Waals surface area contributed by atoms with E-state index in [1.54, 1.807) is 0 Å². The highest BCUT2D eigenvalue weighted by Crippen LogP contribution is 2.15. The number of carbonyl (C=O) groups is 1. The molecule has 0 aliphatic heterocycles. The maximum atomic E-state index is 12.2. The van der Waals surface area contributed by atoms with Crippen molar-refractivity contribution in [3.8, 4) is 11.5 Å². The van der Waals surface area contributed by atoms with Gasteiger partial charge in [0.1, 0.15) is 18.1 Å². The van der Waals surface area contributed by atoms with Crippen LogP contribution < -0.4 is 14.8 Å². The lowest BCUT2D eigenvalue weighted by atomic mass is 10.2. The zero-order valence-electron chi connectivity index (χ0n) is 14.5. The van der Waals surface area contributed by atoms with E-state index in [2.05, 4.69) is 5.32 Å². The topological polar surface area (TPSA) is 47.6 Å². The number of hydrogen-bond acceptors (Lipinski definition) is 3. The standard InChI is InChI=1S/C20H25NO3/c1-4-19(24-18-10-6-8-16(3)14-18)20(22)21-11-12-23-17-9-5-7-15(2)13-17/h5-10,13-14,19H,4,11-12H2,1-3H3,(H,21,22). The van der Waals surface area contributed by atoms with Crippen LogP contribution in [0.25, 0.3) is 0 Å². The van der Waals surface area contributed by atoms with Crippen molar-refractivity contribution in [1.29, 1.82) is 0 Å². The first-order valence-electron chi connectivity index (χ1n) is 8.29. The van der Waals surface area contributed by atoms with Crippen molar-refractivity contribution in [3.63, 3.8) is 0 Å². The Hall–Kier alpha value is -2.49. The largest absolute Gasteiger partial charge is 0.492 e. The Morgan fingerprint density at radius 2 is 1.67 bits per heavy atom. The lowest BCUT2D eigenvalue weighted by Crippen LogP contribution is -2.39. The smallest absolute Gasteiger partial charge is 0.261 e. The van der Waals surface area contributed by atoms with Crippen molar-refractivity contribution in [2.24, 2.45) is 0 Å². The minimum absolute atomic E-state index is 0.119. The Morgan fingerprint density at radius 1 is 1.04 bits per heavy atom. The fourth-order valence-corrected chi connectivity index (χ4v) is 2.34. The Bertz CT molecular complexity index is 669. The third kappa shape index (κ3) is 5.61. The zero-order chi connectivity index (χ0) is 17.4. The van der Waals surface area contributed by atoms with E-state index in [1.807, 2.05) is 69.3 Å². The lowest BCUT2D eigenvalue weighted by Gasteiger charge is -2.17. The van der Waals surface area contributed by atoms with Crippen molar-refractivity contribution in [3.05, 3.63) is 59.7 Å². The molecule has 1 N–H and O–H groups in total. The summed E-state index contributed by atoms with van der Waals surface area (Å²) >= 11 is 0. The van der Waals surface area contributed by atoms with Crippen LogP contribution in [0.4, 0.5) is 0 Å². The summed E-state index contributed by atoms with van der Waals surface area (Å²) in [5.41, 5.74) is 2.25. The molecule has 0 aliphatic carbocycles. The maximum Gasteiger partial charge on any atom is 0.261 e. The van der Waals surface area contributed by atoms with Crippen LogP contribution in [0.3, 0.4) is 0 Å². The summed E-state index contributed by atoms with van der Waals surface area (Å²) in [7, 11) is 0. The van der Waals surface area contributed by atoms with Gasteiger partial charge in [0.15, 0.2) is 6.10 Å². The van der Waals surface area contributed by atoms with Gasteiger partial charge in [-0.2, -0.15) is 0 Å². The van der Waals surface area contributed by atoms with Gasteiger partial charge in [-0.1, -0.05) is 31.2 Å². The lowest BCUT2D eigenvalue weighted by molar-refractivity contribution is -0.128. The molecule has 2 aromatic carbocycles. The Morgan fingerprint density at radius 3 is 2.29 bits per heavy atom. The molecule has 0 aromatic heterocycles. The summed E-state index contributed by atoms with van der Waals surface area (Å²) in [4.78, 5) is 12.2. The van der Waals surface area contributed by atoms with Crippen LogP contribution in [0, 0.1) is 13.8 Å². The second-order valence-corrected chi connectivity index (χ2v) is 5.79. The molecule has 4 heteroatoms. The van der Waals surface area contributed by atoms with E-state index in [9.17, 15) is 4.79 Å². The minimum Gasteiger partial charge on any atom is -0.492 e. The third-order valence-corrected chi connectivity index (χ3v) is 3.59. The van der Waals surface area contributed by atoms with Crippen LogP contribution in [0.15, 0.2) is 48.5 Å². The average molecular weight is 327 g/mol. The summed E-state index contributed by atoms with van der Waals surface area (Å²) in [6.07, 6.45) is 0.115. The number of benzene rings is 2. The minimum atomic E-state index is -0.495. The number of carbonyl (C=O) groups excluding carboxylic acids is 1. The molecule has 2 aromatic rings. The molecule has 1 unspecified atom stereocenters. The molecule has 2 rings (SSSR count). The Balaban J connectivity index is 1.77. The SMILES string of the molecule is CCC(Oc1cccc(C)c1)C(=O)NCCOc1cccc(C)c1. The fraction of sp³-hybridized carbons (Fsp3) is 0.350. The van der Waals surface area contributed by atoms with Crippen LogP contribution >= 0.6 is 0 Å². The van der Waals surface area contributed by atoms with E-state index in [-0.39, 0.29) is 5.91 Å². The van der Waals surface area contributed by atoms with E-state index in [0.717, 1.165) is 16.9 Å². The van der Waals surface area contributed by atoms with Crippen LogP contribution in [0.1, 0.15) is 24.5 Å². The number of nitrogens with one attached hydrogen (secondary N) is 1. The average Bonchev–Trinajstić information content (AvgIpc) is 2.56. The number of aryl methyl sites for hydroxylation is 2. The fourth-order valence-electron chi connectivity index (χ4n) is 2.34. The van der Waals surface area contributed by atoms with Gasteiger partial charge in [0.2, 0.25) is 0 Å². The Labute approximate surface area is 143 Å². The number of ether oxygens (including phenoxy) is 2. The molecule has 0 saturated heterocycles. The molecule has 24 heavy (non-hydrogen) atoms. The first-order chi connectivity index (χ1) is 11.6. The van der Waals surface area contributed by atoms with Crippen LogP contribution in [0.5, 0.6) is 11.5 Å². The molecule has 128 valence electrons. The number of amides is 1. The third-order valence-electron chi connectivity index (χ3n) is 3.59. The highest BCUT2D eigenvalue weighted by Gasteiger charge is 2.17.